The van der Waals surface area contributed by atoms with E-state index in [1.54, 1.807) is 4.57 Å². The quantitative estimate of drug-likeness (QED) is 0.873. The molecule has 1 aromatic carbocycles. The molecular formula is C20H28N2O3. The molecule has 0 saturated heterocycles. The largest absolute Gasteiger partial charge is 0.361 e. The van der Waals surface area contributed by atoms with Crippen LogP contribution in [-0.2, 0) is 11.5 Å². The molecule has 0 fully saturated rings. The highest BCUT2D eigenvalue weighted by Crippen LogP contribution is 2.29. The van der Waals surface area contributed by atoms with Gasteiger partial charge in [0, 0.05) is 23.8 Å². The zero-order valence-corrected chi connectivity index (χ0v) is 16.0. The van der Waals surface area contributed by atoms with Crippen LogP contribution in [0.15, 0.2) is 27.8 Å². The summed E-state index contributed by atoms with van der Waals surface area (Å²) in [7, 11) is 0. The van der Waals surface area contributed by atoms with Gasteiger partial charge in [0.1, 0.15) is 6.73 Å². The molecule has 25 heavy (non-hydrogen) atoms. The van der Waals surface area contributed by atoms with Gasteiger partial charge in [-0.05, 0) is 32.3 Å². The van der Waals surface area contributed by atoms with Gasteiger partial charge in [0.25, 0.3) is 5.56 Å². The van der Waals surface area contributed by atoms with Crippen molar-refractivity contribution >= 4 is 0 Å². The lowest BCUT2D eigenvalue weighted by Gasteiger charge is -2.23. The molecule has 1 N–H and O–H groups in total. The van der Waals surface area contributed by atoms with E-state index in [2.05, 4.69) is 37.0 Å². The van der Waals surface area contributed by atoms with Crippen LogP contribution in [0.1, 0.15) is 67.5 Å². The molecule has 1 heterocycles. The van der Waals surface area contributed by atoms with Crippen LogP contribution in [0.3, 0.4) is 0 Å². The Hall–Kier alpha value is -2.14. The molecule has 0 amide bonds. The minimum atomic E-state index is -0.422. The topological polar surface area (TPSA) is 64.1 Å². The van der Waals surface area contributed by atoms with Gasteiger partial charge in [-0.3, -0.25) is 14.3 Å². The zero-order chi connectivity index (χ0) is 18.7. The first-order chi connectivity index (χ1) is 11.8. The summed E-state index contributed by atoms with van der Waals surface area (Å²) < 4.78 is 7.05. The number of nitrogens with zero attached hydrogens (tertiary/aromatic N) is 1. The molecule has 5 heteroatoms. The molecule has 1 atom stereocenters. The molecule has 0 saturated carbocycles. The number of benzene rings is 1. The Kier molecular flexibility index (Phi) is 6.01. The van der Waals surface area contributed by atoms with E-state index in [1.807, 2.05) is 27.7 Å². The molecule has 5 nitrogen and oxygen atoms in total. The van der Waals surface area contributed by atoms with Crippen molar-refractivity contribution in [1.29, 1.82) is 0 Å². The number of aromatic nitrogens is 2. The van der Waals surface area contributed by atoms with E-state index in [1.165, 1.54) is 0 Å². The van der Waals surface area contributed by atoms with Crippen molar-refractivity contribution in [1.82, 2.24) is 9.55 Å². The third-order valence-electron chi connectivity index (χ3n) is 4.43. The second kappa shape index (κ2) is 7.83. The first-order valence-electron chi connectivity index (χ1n) is 8.79. The lowest BCUT2D eigenvalue weighted by Crippen LogP contribution is -2.37. The molecule has 0 bridgehead atoms. The SMILES string of the molecule is CCOCn1c(C(C)c2cc(C)cc(C)c2)c(C(C)C)c(=O)[nH]c1=O. The summed E-state index contributed by atoms with van der Waals surface area (Å²) in [4.78, 5) is 27.4. The molecule has 2 rings (SSSR count). The second-order valence-corrected chi connectivity index (χ2v) is 6.91. The number of nitrogens with one attached hydrogen (secondary N) is 1. The zero-order valence-electron chi connectivity index (χ0n) is 16.0. The van der Waals surface area contributed by atoms with Crippen molar-refractivity contribution in [3.05, 3.63) is 67.0 Å². The molecule has 2 aromatic rings. The highest BCUT2D eigenvalue weighted by atomic mass is 16.5. The Morgan fingerprint density at radius 2 is 1.68 bits per heavy atom. The van der Waals surface area contributed by atoms with Gasteiger partial charge in [0.05, 0.1) is 0 Å². The van der Waals surface area contributed by atoms with Crippen molar-refractivity contribution in [3.8, 4) is 0 Å². The van der Waals surface area contributed by atoms with E-state index >= 15 is 0 Å². The van der Waals surface area contributed by atoms with E-state index in [0.717, 1.165) is 22.4 Å². The van der Waals surface area contributed by atoms with E-state index in [4.69, 9.17) is 4.74 Å². The molecule has 0 radical (unpaired) electrons. The monoisotopic (exact) mass is 344 g/mol. The summed E-state index contributed by atoms with van der Waals surface area (Å²) in [6.45, 7) is 12.6. The maximum absolute atomic E-state index is 12.5. The summed E-state index contributed by atoms with van der Waals surface area (Å²) in [5, 5.41) is 0. The molecule has 1 unspecified atom stereocenters. The van der Waals surface area contributed by atoms with Crippen LogP contribution < -0.4 is 11.2 Å². The van der Waals surface area contributed by atoms with Gasteiger partial charge in [-0.2, -0.15) is 0 Å². The molecular weight excluding hydrogens is 316 g/mol. The van der Waals surface area contributed by atoms with Gasteiger partial charge >= 0.3 is 5.69 Å². The smallest absolute Gasteiger partial charge is 0.330 e. The van der Waals surface area contributed by atoms with Crippen molar-refractivity contribution < 1.29 is 4.74 Å². The first kappa shape index (κ1) is 19.2. The third kappa shape index (κ3) is 4.10. The maximum Gasteiger partial charge on any atom is 0.330 e. The predicted octanol–water partition coefficient (Wildman–Crippen LogP) is 3.42. The highest BCUT2D eigenvalue weighted by Gasteiger charge is 2.23. The Balaban J connectivity index is 2.75. The lowest BCUT2D eigenvalue weighted by atomic mass is 9.89. The summed E-state index contributed by atoms with van der Waals surface area (Å²) >= 11 is 0. The van der Waals surface area contributed by atoms with Gasteiger partial charge in [-0.1, -0.05) is 50.1 Å². The molecule has 1 aromatic heterocycles. The van der Waals surface area contributed by atoms with E-state index < -0.39 is 5.69 Å². The first-order valence-corrected chi connectivity index (χ1v) is 8.79. The fraction of sp³-hybridized carbons (Fsp3) is 0.500. The summed E-state index contributed by atoms with van der Waals surface area (Å²) in [6.07, 6.45) is 0. The van der Waals surface area contributed by atoms with Gasteiger partial charge in [0.15, 0.2) is 0 Å². The number of ether oxygens (including phenoxy) is 1. The van der Waals surface area contributed by atoms with Crippen LogP contribution >= 0.6 is 0 Å². The minimum Gasteiger partial charge on any atom is -0.361 e. The average Bonchev–Trinajstić information content (AvgIpc) is 2.51. The molecule has 136 valence electrons. The average molecular weight is 344 g/mol. The van der Waals surface area contributed by atoms with Crippen molar-refractivity contribution in [3.63, 3.8) is 0 Å². The van der Waals surface area contributed by atoms with Crippen molar-refractivity contribution in [2.75, 3.05) is 6.61 Å². The summed E-state index contributed by atoms with van der Waals surface area (Å²) in [5.41, 5.74) is 4.07. The number of hydrogen-bond acceptors (Lipinski definition) is 3. The van der Waals surface area contributed by atoms with Gasteiger partial charge < -0.3 is 4.74 Å². The van der Waals surface area contributed by atoms with Crippen LogP contribution in [0.5, 0.6) is 0 Å². The standard InChI is InChI=1S/C20H28N2O3/c1-7-25-11-22-18(17(12(2)3)19(23)21-20(22)24)15(6)16-9-13(4)8-14(5)10-16/h8-10,12,15H,7,11H2,1-6H3,(H,21,23,24). The Morgan fingerprint density at radius 3 is 2.20 bits per heavy atom. The maximum atomic E-state index is 12.5. The number of hydrogen-bond donors (Lipinski definition) is 1. The summed E-state index contributed by atoms with van der Waals surface area (Å²) in [6, 6.07) is 6.33. The van der Waals surface area contributed by atoms with Gasteiger partial charge in [-0.15, -0.1) is 0 Å². The normalized spacial score (nSPS) is 12.6. The Labute approximate surface area is 148 Å². The van der Waals surface area contributed by atoms with E-state index in [0.29, 0.717) is 12.2 Å². The predicted molar refractivity (Wildman–Crippen MR) is 100 cm³/mol. The fourth-order valence-corrected chi connectivity index (χ4v) is 3.36. The second-order valence-electron chi connectivity index (χ2n) is 6.91. The van der Waals surface area contributed by atoms with Crippen molar-refractivity contribution in [2.24, 2.45) is 0 Å². The Bertz CT molecular complexity index is 842. The fourth-order valence-electron chi connectivity index (χ4n) is 3.36. The van der Waals surface area contributed by atoms with E-state index in [-0.39, 0.29) is 24.1 Å². The number of aromatic amines is 1. The van der Waals surface area contributed by atoms with Crippen LogP contribution in [0.4, 0.5) is 0 Å². The molecule has 0 aliphatic carbocycles. The van der Waals surface area contributed by atoms with Crippen LogP contribution in [0.2, 0.25) is 0 Å². The number of rotatable bonds is 6. The lowest BCUT2D eigenvalue weighted by molar-refractivity contribution is 0.0815. The molecule has 0 aliphatic rings. The van der Waals surface area contributed by atoms with Crippen LogP contribution in [0.25, 0.3) is 0 Å². The molecule has 0 aliphatic heterocycles. The van der Waals surface area contributed by atoms with Crippen LogP contribution in [0, 0.1) is 13.8 Å². The molecule has 0 spiro atoms. The number of H-pyrrole nitrogens is 1. The highest BCUT2D eigenvalue weighted by molar-refractivity contribution is 5.38. The number of aryl methyl sites for hydroxylation is 2. The van der Waals surface area contributed by atoms with E-state index in [9.17, 15) is 9.59 Å². The van der Waals surface area contributed by atoms with Crippen LogP contribution in [-0.4, -0.2) is 16.2 Å². The minimum absolute atomic E-state index is 0.000539. The van der Waals surface area contributed by atoms with Gasteiger partial charge in [0.2, 0.25) is 0 Å². The van der Waals surface area contributed by atoms with Gasteiger partial charge in [-0.25, -0.2) is 4.79 Å². The Morgan fingerprint density at radius 1 is 1.08 bits per heavy atom. The van der Waals surface area contributed by atoms with Crippen molar-refractivity contribution in [2.45, 2.75) is 60.1 Å². The summed E-state index contributed by atoms with van der Waals surface area (Å²) in [5.74, 6) is -0.0907. The third-order valence-corrected chi connectivity index (χ3v) is 4.43.